The first-order chi connectivity index (χ1) is 9.52. The van der Waals surface area contributed by atoms with Crippen molar-refractivity contribution < 1.29 is 13.5 Å². The van der Waals surface area contributed by atoms with Crippen LogP contribution in [-0.2, 0) is 0 Å². The van der Waals surface area contributed by atoms with Crippen LogP contribution in [-0.4, -0.2) is 0 Å². The van der Waals surface area contributed by atoms with Crippen LogP contribution in [0, 0.1) is 11.6 Å². The highest BCUT2D eigenvalue weighted by molar-refractivity contribution is 6.30. The summed E-state index contributed by atoms with van der Waals surface area (Å²) >= 11 is 5.93. The zero-order valence-electron chi connectivity index (χ0n) is 10.4. The van der Waals surface area contributed by atoms with E-state index in [1.165, 1.54) is 12.1 Å². The molecule has 1 aliphatic rings. The number of benzene rings is 2. The second-order valence-corrected chi connectivity index (χ2v) is 5.27. The molecule has 0 fully saturated rings. The number of fused-ring (bicyclic) bond motifs is 1. The Morgan fingerprint density at radius 1 is 1.10 bits per heavy atom. The van der Waals surface area contributed by atoms with Crippen molar-refractivity contribution in [3.05, 3.63) is 64.2 Å². The molecule has 2 aromatic carbocycles. The lowest BCUT2D eigenvalue weighted by Crippen LogP contribution is -2.24. The molecule has 3 rings (SSSR count). The zero-order valence-corrected chi connectivity index (χ0v) is 11.2. The molecule has 0 saturated heterocycles. The van der Waals surface area contributed by atoms with Crippen molar-refractivity contribution >= 4 is 11.6 Å². The molecule has 0 bridgehead atoms. The molecule has 0 amide bonds. The van der Waals surface area contributed by atoms with Crippen LogP contribution in [0.5, 0.6) is 5.75 Å². The Morgan fingerprint density at radius 2 is 1.80 bits per heavy atom. The summed E-state index contributed by atoms with van der Waals surface area (Å²) in [7, 11) is 0. The van der Waals surface area contributed by atoms with Crippen molar-refractivity contribution in [2.45, 2.75) is 18.6 Å². The fourth-order valence-corrected chi connectivity index (χ4v) is 2.62. The Balaban J connectivity index is 1.96. The average molecular weight is 296 g/mol. The molecule has 104 valence electrons. The van der Waals surface area contributed by atoms with Crippen LogP contribution in [0.15, 0.2) is 36.4 Å². The first kappa shape index (κ1) is 13.3. The first-order valence-electron chi connectivity index (χ1n) is 6.20. The molecule has 1 heterocycles. The van der Waals surface area contributed by atoms with Gasteiger partial charge in [0.25, 0.3) is 0 Å². The second kappa shape index (κ2) is 5.04. The Labute approximate surface area is 120 Å². The maximum atomic E-state index is 13.3. The highest BCUT2D eigenvalue weighted by atomic mass is 35.5. The molecule has 2 unspecified atom stereocenters. The van der Waals surface area contributed by atoms with Gasteiger partial charge in [-0.05, 0) is 35.9 Å². The van der Waals surface area contributed by atoms with Crippen LogP contribution < -0.4 is 10.5 Å². The molecule has 5 heteroatoms. The second-order valence-electron chi connectivity index (χ2n) is 4.83. The van der Waals surface area contributed by atoms with Crippen LogP contribution in [0.3, 0.4) is 0 Å². The minimum atomic E-state index is -0.626. The maximum Gasteiger partial charge on any atom is 0.126 e. The van der Waals surface area contributed by atoms with Gasteiger partial charge in [-0.3, -0.25) is 0 Å². The molecule has 2 aromatic rings. The minimum Gasteiger partial charge on any atom is -0.485 e. The molecule has 0 spiro atoms. The fourth-order valence-electron chi connectivity index (χ4n) is 2.44. The van der Waals surface area contributed by atoms with Gasteiger partial charge in [-0.1, -0.05) is 11.6 Å². The SMILES string of the molecule is NC1CC(c2cc(F)cc(F)c2)Oc2ccc(Cl)cc21. The number of nitrogens with two attached hydrogens (primary N) is 1. The molecule has 2 nitrogen and oxygen atoms in total. The van der Waals surface area contributed by atoms with Gasteiger partial charge < -0.3 is 10.5 Å². The van der Waals surface area contributed by atoms with Gasteiger partial charge in [0.1, 0.15) is 23.5 Å². The molecule has 20 heavy (non-hydrogen) atoms. The van der Waals surface area contributed by atoms with Gasteiger partial charge >= 0.3 is 0 Å². The van der Waals surface area contributed by atoms with Gasteiger partial charge in [0.05, 0.1) is 0 Å². The van der Waals surface area contributed by atoms with Crippen molar-refractivity contribution in [3.8, 4) is 5.75 Å². The fraction of sp³-hybridized carbons (Fsp3) is 0.200. The highest BCUT2D eigenvalue weighted by Crippen LogP contribution is 2.40. The van der Waals surface area contributed by atoms with Gasteiger partial charge in [-0.15, -0.1) is 0 Å². The lowest BCUT2D eigenvalue weighted by molar-refractivity contribution is 0.161. The van der Waals surface area contributed by atoms with E-state index >= 15 is 0 Å². The Morgan fingerprint density at radius 3 is 2.50 bits per heavy atom. The molecule has 0 aliphatic carbocycles. The average Bonchev–Trinajstić information content (AvgIpc) is 2.38. The molecular formula is C15H12ClF2NO. The van der Waals surface area contributed by atoms with E-state index in [-0.39, 0.29) is 6.04 Å². The summed E-state index contributed by atoms with van der Waals surface area (Å²) in [5.74, 6) is -0.652. The molecule has 0 aromatic heterocycles. The van der Waals surface area contributed by atoms with Gasteiger partial charge in [0.2, 0.25) is 0 Å². The standard InChI is InChI=1S/C15H12ClF2NO/c16-9-1-2-14-12(5-9)13(19)7-15(20-14)8-3-10(17)6-11(18)4-8/h1-6,13,15H,7,19H2. The maximum absolute atomic E-state index is 13.3. The Bertz CT molecular complexity index is 642. The third kappa shape index (κ3) is 2.49. The van der Waals surface area contributed by atoms with E-state index < -0.39 is 17.7 Å². The smallest absolute Gasteiger partial charge is 0.126 e. The molecule has 0 saturated carbocycles. The Hall–Kier alpha value is -1.65. The molecule has 2 N–H and O–H groups in total. The van der Waals surface area contributed by atoms with E-state index in [4.69, 9.17) is 22.1 Å². The number of rotatable bonds is 1. The van der Waals surface area contributed by atoms with Crippen molar-refractivity contribution in [2.75, 3.05) is 0 Å². The van der Waals surface area contributed by atoms with Crippen LogP contribution in [0.2, 0.25) is 5.02 Å². The quantitative estimate of drug-likeness (QED) is 0.858. The third-order valence-electron chi connectivity index (χ3n) is 3.37. The lowest BCUT2D eigenvalue weighted by atomic mass is 9.93. The van der Waals surface area contributed by atoms with E-state index in [2.05, 4.69) is 0 Å². The van der Waals surface area contributed by atoms with E-state index in [1.807, 2.05) is 0 Å². The molecular weight excluding hydrogens is 284 g/mol. The molecule has 0 radical (unpaired) electrons. The first-order valence-corrected chi connectivity index (χ1v) is 6.58. The van der Waals surface area contributed by atoms with Crippen molar-refractivity contribution in [3.63, 3.8) is 0 Å². The van der Waals surface area contributed by atoms with E-state index in [0.717, 1.165) is 11.6 Å². The van der Waals surface area contributed by atoms with Crippen LogP contribution >= 0.6 is 11.6 Å². The number of hydrogen-bond acceptors (Lipinski definition) is 2. The predicted octanol–water partition coefficient (Wildman–Crippen LogP) is 4.14. The lowest BCUT2D eigenvalue weighted by Gasteiger charge is -2.30. The normalized spacial score (nSPS) is 21.2. The largest absolute Gasteiger partial charge is 0.485 e. The molecule has 1 aliphatic heterocycles. The van der Waals surface area contributed by atoms with Gasteiger partial charge in [-0.2, -0.15) is 0 Å². The van der Waals surface area contributed by atoms with Crippen LogP contribution in [0.1, 0.15) is 29.7 Å². The van der Waals surface area contributed by atoms with Gasteiger partial charge in [0.15, 0.2) is 0 Å². The van der Waals surface area contributed by atoms with Crippen LogP contribution in [0.4, 0.5) is 8.78 Å². The van der Waals surface area contributed by atoms with Crippen molar-refractivity contribution in [1.82, 2.24) is 0 Å². The topological polar surface area (TPSA) is 35.2 Å². The van der Waals surface area contributed by atoms with E-state index in [1.54, 1.807) is 18.2 Å². The summed E-state index contributed by atoms with van der Waals surface area (Å²) < 4.78 is 32.4. The third-order valence-corrected chi connectivity index (χ3v) is 3.60. The summed E-state index contributed by atoms with van der Waals surface area (Å²) in [6.07, 6.45) is -0.0279. The summed E-state index contributed by atoms with van der Waals surface area (Å²) in [4.78, 5) is 0. The monoisotopic (exact) mass is 295 g/mol. The van der Waals surface area contributed by atoms with Gasteiger partial charge in [-0.25, -0.2) is 8.78 Å². The zero-order chi connectivity index (χ0) is 14.3. The van der Waals surface area contributed by atoms with Crippen molar-refractivity contribution in [1.29, 1.82) is 0 Å². The van der Waals surface area contributed by atoms with Crippen molar-refractivity contribution in [2.24, 2.45) is 5.73 Å². The summed E-state index contributed by atoms with van der Waals surface area (Å²) in [5, 5.41) is 0.582. The summed E-state index contributed by atoms with van der Waals surface area (Å²) in [6.45, 7) is 0. The number of halogens is 3. The van der Waals surface area contributed by atoms with Crippen LogP contribution in [0.25, 0.3) is 0 Å². The van der Waals surface area contributed by atoms with E-state index in [0.29, 0.717) is 22.8 Å². The minimum absolute atomic E-state index is 0.284. The summed E-state index contributed by atoms with van der Waals surface area (Å²) in [5.41, 5.74) is 7.35. The molecule has 2 atom stereocenters. The summed E-state index contributed by atoms with van der Waals surface area (Å²) in [6, 6.07) is 8.25. The predicted molar refractivity (Wildman–Crippen MR) is 72.7 cm³/mol. The number of ether oxygens (including phenoxy) is 1. The van der Waals surface area contributed by atoms with Gasteiger partial charge in [0, 0.05) is 29.1 Å². The van der Waals surface area contributed by atoms with E-state index in [9.17, 15) is 8.78 Å². The number of hydrogen-bond donors (Lipinski definition) is 1. The Kier molecular flexibility index (Phi) is 3.36. The highest BCUT2D eigenvalue weighted by Gasteiger charge is 2.27.